The van der Waals surface area contributed by atoms with Crippen molar-refractivity contribution in [3.8, 4) is 91.9 Å². The fourth-order valence-corrected chi connectivity index (χ4v) is 14.1. The Morgan fingerprint density at radius 2 is 0.339 bits per heavy atom. The van der Waals surface area contributed by atoms with E-state index in [0.717, 1.165) is 134 Å². The van der Waals surface area contributed by atoms with Gasteiger partial charge in [-0.3, -0.25) is 0 Å². The van der Waals surface area contributed by atoms with Crippen LogP contribution in [0.1, 0.15) is 278 Å². The van der Waals surface area contributed by atoms with Gasteiger partial charge in [-0.2, -0.15) is 0 Å². The molecule has 0 radical (unpaired) electrons. The molecule has 0 saturated carbocycles. The van der Waals surface area contributed by atoms with Gasteiger partial charge in [0.05, 0.1) is 22.8 Å². The van der Waals surface area contributed by atoms with E-state index in [-0.39, 0.29) is 43.3 Å². The Hall–Kier alpha value is -11.4. The molecule has 13 rings (SSSR count). The molecule has 4 nitrogen and oxygen atoms in total. The Morgan fingerprint density at radius 3 is 0.491 bits per heavy atom. The second-order valence-corrected chi connectivity index (χ2v) is 39.0. The van der Waals surface area contributed by atoms with E-state index >= 15 is 0 Å². The first kappa shape index (κ1) is 78.7. The van der Waals surface area contributed by atoms with Crippen LogP contribution in [-0.4, -0.2) is 19.9 Å². The van der Waals surface area contributed by atoms with Gasteiger partial charge in [0.2, 0.25) is 0 Å². The highest BCUT2D eigenvalue weighted by Gasteiger charge is 2.27. The number of benzene rings is 8. The first-order chi connectivity index (χ1) is 52.4. The number of nitrogens with zero attached hydrogens (tertiary/aromatic N) is 2. The average molecular weight is 1460 g/mol. The molecule has 4 heteroatoms. The van der Waals surface area contributed by atoms with Gasteiger partial charge in [-0.15, -0.1) is 0 Å². The topological polar surface area (TPSA) is 57.4 Å². The van der Waals surface area contributed by atoms with Gasteiger partial charge < -0.3 is 9.97 Å². The van der Waals surface area contributed by atoms with Crippen LogP contribution in [0, 0.1) is 47.4 Å². The number of nitrogens with one attached hydrogen (secondary N) is 2. The first-order valence-electron chi connectivity index (χ1n) is 39.8. The van der Waals surface area contributed by atoms with Gasteiger partial charge in [-0.05, 0) is 256 Å². The number of hydrogen-bond donors (Lipinski definition) is 2. The van der Waals surface area contributed by atoms with Gasteiger partial charge in [0.1, 0.15) is 0 Å². The van der Waals surface area contributed by atoms with Crippen LogP contribution in [0.15, 0.2) is 194 Å². The average Bonchev–Trinajstić information content (AvgIpc) is 1.62. The molecule has 11 aromatic rings. The molecule has 562 valence electrons. The van der Waals surface area contributed by atoms with Gasteiger partial charge in [-0.1, -0.05) is 286 Å². The highest BCUT2D eigenvalue weighted by atomic mass is 14.8. The van der Waals surface area contributed by atoms with Crippen molar-refractivity contribution in [2.24, 2.45) is 0 Å². The van der Waals surface area contributed by atoms with Crippen molar-refractivity contribution >= 4 is 46.4 Å². The van der Waals surface area contributed by atoms with Crippen molar-refractivity contribution in [2.45, 2.75) is 209 Å². The molecule has 0 fully saturated rings. The fourth-order valence-electron chi connectivity index (χ4n) is 14.1. The number of aromatic nitrogens is 4. The maximum Gasteiger partial charge on any atom is 0.0737 e. The first-order valence-corrected chi connectivity index (χ1v) is 39.8. The van der Waals surface area contributed by atoms with E-state index in [9.17, 15) is 0 Å². The number of hydrogen-bond acceptors (Lipinski definition) is 2. The molecule has 2 N–H and O–H groups in total. The molecule has 0 atom stereocenters. The lowest BCUT2D eigenvalue weighted by atomic mass is 9.79. The summed E-state index contributed by atoms with van der Waals surface area (Å²) in [6, 6.07) is 70.8. The van der Waals surface area contributed by atoms with E-state index in [2.05, 4.69) is 442 Å². The molecule has 8 aromatic carbocycles. The SMILES string of the molecule is CC(C)(C)c1cc(C#Cc2ccc(-c3c4nc(c(-c5ccc(C#Cc6cc(C(C)(C)C)cc(C(C)(C)C)c6)cc5)c5ccc([nH]5)c(-c5ccc(C#Cc6cc(C(C)(C)C)cc(C(C)(C)C)c6)cc5)c5nc(c(-c6ccc(C#Cc7cc(C(C)(C)C)cc(C(C)(C)C)c7)cc6)c6ccc3[nH]6)C=C5)C=C4)cc2)cc(C(C)(C)C)c1. The lowest BCUT2D eigenvalue weighted by molar-refractivity contribution is 0.567. The third-order valence-electron chi connectivity index (χ3n) is 21.5. The molecule has 0 unspecified atom stereocenters. The quantitative estimate of drug-likeness (QED) is 0.173. The third-order valence-corrected chi connectivity index (χ3v) is 21.5. The summed E-state index contributed by atoms with van der Waals surface area (Å²) in [5.74, 6) is 28.6. The van der Waals surface area contributed by atoms with Crippen molar-refractivity contribution in [3.63, 3.8) is 0 Å². The van der Waals surface area contributed by atoms with Crippen molar-refractivity contribution in [2.75, 3.05) is 0 Å². The third kappa shape index (κ3) is 18.0. The van der Waals surface area contributed by atoms with E-state index in [1.807, 2.05) is 0 Å². The van der Waals surface area contributed by atoms with Crippen LogP contribution in [0.25, 0.3) is 90.9 Å². The van der Waals surface area contributed by atoms with E-state index in [1.54, 1.807) is 0 Å². The van der Waals surface area contributed by atoms with Crippen molar-refractivity contribution in [3.05, 3.63) is 306 Å². The second kappa shape index (κ2) is 29.7. The summed E-state index contributed by atoms with van der Waals surface area (Å²) >= 11 is 0. The predicted molar refractivity (Wildman–Crippen MR) is 480 cm³/mol. The van der Waals surface area contributed by atoms with Crippen LogP contribution in [0.4, 0.5) is 0 Å². The lowest BCUT2D eigenvalue weighted by Crippen LogP contribution is -2.16. The Labute approximate surface area is 669 Å². The van der Waals surface area contributed by atoms with Crippen LogP contribution in [0.5, 0.6) is 0 Å². The van der Waals surface area contributed by atoms with Crippen LogP contribution in [-0.2, 0) is 43.3 Å². The standard InChI is InChI=1S/C108H110N4/c1-101(2,3)81-57-73(58-82(65-81)102(4,5)6)29-25-69-33-41-77(42-34-69)97-89-49-51-91(109-89)98(78-43-35-70(36-44-78)26-30-74-59-83(103(7,8)9)66-84(60-74)104(10,11)12)93-53-55-95(111-93)100(80-47-39-72(40-48-80)28-32-76-63-87(107(19,20)21)68-88(64-76)108(22,23)24)96-56-54-94(112-96)99(92-52-50-90(97)110-92)79-45-37-71(38-46-79)27-31-75-61-85(105(13,14)15)67-86(62-75)106(16,17)18/h33-68,109,112H,1-24H3. The molecule has 0 aliphatic carbocycles. The summed E-state index contributed by atoms with van der Waals surface area (Å²) in [6.07, 6.45) is 8.66. The number of H-pyrrole nitrogens is 2. The number of rotatable bonds is 4. The Kier molecular flexibility index (Phi) is 20.9. The van der Waals surface area contributed by atoms with Gasteiger partial charge in [0.15, 0.2) is 0 Å². The van der Waals surface area contributed by atoms with Crippen LogP contribution in [0.2, 0.25) is 0 Å². The van der Waals surface area contributed by atoms with Crippen LogP contribution in [0.3, 0.4) is 0 Å². The number of aromatic amines is 2. The summed E-state index contributed by atoms with van der Waals surface area (Å²) in [4.78, 5) is 19.5. The minimum atomic E-state index is -0.0312. The maximum absolute atomic E-state index is 5.74. The molecule has 0 spiro atoms. The number of fused-ring (bicyclic) bond motifs is 8. The molecule has 5 heterocycles. The summed E-state index contributed by atoms with van der Waals surface area (Å²) < 4.78 is 0. The molecule has 0 amide bonds. The zero-order chi connectivity index (χ0) is 80.4. The summed E-state index contributed by atoms with van der Waals surface area (Å²) in [6.45, 7) is 54.5. The van der Waals surface area contributed by atoms with E-state index in [4.69, 9.17) is 9.97 Å². The van der Waals surface area contributed by atoms with Gasteiger partial charge in [-0.25, -0.2) is 9.97 Å². The molecule has 2 aliphatic rings. The monoisotopic (exact) mass is 1460 g/mol. The largest absolute Gasteiger partial charge is 0.354 e. The molecular formula is C108H110N4. The Bertz CT molecular complexity index is 5150. The van der Waals surface area contributed by atoms with E-state index in [0.29, 0.717) is 0 Å². The summed E-state index contributed by atoms with van der Waals surface area (Å²) in [5, 5.41) is 0. The molecule has 3 aromatic heterocycles. The van der Waals surface area contributed by atoms with Crippen molar-refractivity contribution < 1.29 is 0 Å². The van der Waals surface area contributed by atoms with Crippen molar-refractivity contribution in [1.82, 2.24) is 19.9 Å². The second-order valence-electron chi connectivity index (χ2n) is 39.0. The van der Waals surface area contributed by atoms with Gasteiger partial charge in [0, 0.05) is 88.8 Å². The van der Waals surface area contributed by atoms with Gasteiger partial charge >= 0.3 is 0 Å². The minimum absolute atomic E-state index is 0.0312. The normalized spacial score (nSPS) is 12.6. The molecule has 0 saturated heterocycles. The van der Waals surface area contributed by atoms with E-state index < -0.39 is 0 Å². The zero-order valence-electron chi connectivity index (χ0n) is 70.7. The smallest absolute Gasteiger partial charge is 0.0737 e. The summed E-state index contributed by atoms with van der Waals surface area (Å²) in [7, 11) is 0. The minimum Gasteiger partial charge on any atom is -0.354 e. The Balaban J connectivity index is 1.02. The molecule has 8 bridgehead atoms. The van der Waals surface area contributed by atoms with Gasteiger partial charge in [0.25, 0.3) is 0 Å². The van der Waals surface area contributed by atoms with Crippen LogP contribution >= 0.6 is 0 Å². The highest BCUT2D eigenvalue weighted by molar-refractivity contribution is 6.00. The summed E-state index contributed by atoms with van der Waals surface area (Å²) in [5.41, 5.74) is 32.3. The highest BCUT2D eigenvalue weighted by Crippen LogP contribution is 2.42. The molecule has 112 heavy (non-hydrogen) atoms. The molecular weight excluding hydrogens is 1350 g/mol. The Morgan fingerprint density at radius 1 is 0.188 bits per heavy atom. The van der Waals surface area contributed by atoms with E-state index in [1.165, 1.54) is 44.5 Å². The van der Waals surface area contributed by atoms with Crippen LogP contribution < -0.4 is 0 Å². The fraction of sp³-hybridized carbons (Fsp3) is 0.296. The molecule has 2 aliphatic heterocycles. The lowest BCUT2D eigenvalue weighted by Gasteiger charge is -2.25. The maximum atomic E-state index is 5.74. The zero-order valence-corrected chi connectivity index (χ0v) is 70.7. The van der Waals surface area contributed by atoms with Crippen molar-refractivity contribution in [1.29, 1.82) is 0 Å². The predicted octanol–water partition coefficient (Wildman–Crippen LogP) is 27.3.